The van der Waals surface area contributed by atoms with Crippen LogP contribution < -0.4 is 15.0 Å². The minimum atomic E-state index is -0.389. The van der Waals surface area contributed by atoms with E-state index in [1.807, 2.05) is 6.92 Å². The third-order valence-electron chi connectivity index (χ3n) is 4.47. The monoisotopic (exact) mass is 384 g/mol. The van der Waals surface area contributed by atoms with Gasteiger partial charge in [-0.05, 0) is 25.1 Å². The van der Waals surface area contributed by atoms with E-state index in [-0.39, 0.29) is 11.9 Å². The maximum Gasteiger partial charge on any atom is 0.227 e. The van der Waals surface area contributed by atoms with Gasteiger partial charge >= 0.3 is 0 Å². The number of nitrogens with one attached hydrogen (secondary N) is 2. The molecule has 9 heteroatoms. The molecule has 2 aromatic heterocycles. The Morgan fingerprint density at radius 1 is 1.29 bits per heavy atom. The number of morpholine rings is 1. The van der Waals surface area contributed by atoms with Crippen molar-refractivity contribution >= 4 is 17.6 Å². The first-order chi connectivity index (χ1) is 13.6. The molecule has 1 saturated heterocycles. The van der Waals surface area contributed by atoms with E-state index in [4.69, 9.17) is 9.47 Å². The minimum absolute atomic E-state index is 0.141. The van der Waals surface area contributed by atoms with E-state index < -0.39 is 0 Å². The summed E-state index contributed by atoms with van der Waals surface area (Å²) in [4.78, 5) is 11.0. The summed E-state index contributed by atoms with van der Waals surface area (Å²) < 4.78 is 24.9. The van der Waals surface area contributed by atoms with Gasteiger partial charge in [0.05, 0.1) is 25.5 Å². The maximum atomic E-state index is 14.3. The van der Waals surface area contributed by atoms with Crippen molar-refractivity contribution in [3.63, 3.8) is 0 Å². The molecule has 0 bridgehead atoms. The van der Waals surface area contributed by atoms with E-state index >= 15 is 0 Å². The van der Waals surface area contributed by atoms with Gasteiger partial charge in [0.2, 0.25) is 5.95 Å². The van der Waals surface area contributed by atoms with Gasteiger partial charge in [-0.25, -0.2) is 9.37 Å². The lowest BCUT2D eigenvalue weighted by Gasteiger charge is -2.31. The normalized spacial score (nSPS) is 16.8. The van der Waals surface area contributed by atoms with Crippen molar-refractivity contribution in [2.45, 2.75) is 13.0 Å². The van der Waals surface area contributed by atoms with Crippen LogP contribution in [0.3, 0.4) is 0 Å². The second-order valence-corrected chi connectivity index (χ2v) is 6.51. The number of rotatable bonds is 5. The molecule has 0 aliphatic carbocycles. The Bertz CT molecular complexity index is 963. The van der Waals surface area contributed by atoms with Crippen LogP contribution >= 0.6 is 0 Å². The van der Waals surface area contributed by atoms with Gasteiger partial charge in [0.1, 0.15) is 17.4 Å². The largest absolute Gasteiger partial charge is 0.497 e. The summed E-state index contributed by atoms with van der Waals surface area (Å²) >= 11 is 0. The molecule has 3 aromatic rings. The quantitative estimate of drug-likeness (QED) is 0.699. The molecule has 4 rings (SSSR count). The first-order valence-electron chi connectivity index (χ1n) is 8.98. The predicted molar refractivity (Wildman–Crippen MR) is 103 cm³/mol. The van der Waals surface area contributed by atoms with E-state index in [1.165, 1.54) is 13.2 Å². The van der Waals surface area contributed by atoms with Crippen LogP contribution in [0.2, 0.25) is 0 Å². The van der Waals surface area contributed by atoms with Crippen LogP contribution in [-0.4, -0.2) is 53.1 Å². The van der Waals surface area contributed by atoms with Crippen LogP contribution in [-0.2, 0) is 4.74 Å². The Morgan fingerprint density at radius 3 is 2.96 bits per heavy atom. The zero-order valence-corrected chi connectivity index (χ0v) is 15.6. The highest BCUT2D eigenvalue weighted by Gasteiger charge is 2.19. The Hall–Kier alpha value is -3.20. The number of halogens is 1. The van der Waals surface area contributed by atoms with Crippen LogP contribution in [0.1, 0.15) is 6.92 Å². The Morgan fingerprint density at radius 2 is 2.18 bits per heavy atom. The molecule has 8 nitrogen and oxygen atoms in total. The molecule has 28 heavy (non-hydrogen) atoms. The molecule has 1 aliphatic heterocycles. The van der Waals surface area contributed by atoms with Gasteiger partial charge in [-0.1, -0.05) is 0 Å². The van der Waals surface area contributed by atoms with Gasteiger partial charge in [0, 0.05) is 37.0 Å². The SMILES string of the molecule is COc1ccc(-c2cc(Nc3ccnc(N4CCO[C@@H](C)C4)n3)n[nH]2)c(F)c1. The van der Waals surface area contributed by atoms with Gasteiger partial charge in [-0.15, -0.1) is 0 Å². The molecule has 1 atom stereocenters. The van der Waals surface area contributed by atoms with Gasteiger partial charge in [0.15, 0.2) is 5.82 Å². The van der Waals surface area contributed by atoms with Crippen LogP contribution in [0.25, 0.3) is 11.3 Å². The Labute approximate surface area is 161 Å². The fourth-order valence-electron chi connectivity index (χ4n) is 3.07. The molecule has 0 saturated carbocycles. The second-order valence-electron chi connectivity index (χ2n) is 6.51. The lowest BCUT2D eigenvalue weighted by atomic mass is 10.1. The fourth-order valence-corrected chi connectivity index (χ4v) is 3.07. The number of aromatic amines is 1. The first kappa shape index (κ1) is 18.2. The van der Waals surface area contributed by atoms with Crippen molar-refractivity contribution in [2.24, 2.45) is 0 Å². The predicted octanol–water partition coefficient (Wildman–Crippen LogP) is 2.98. The summed E-state index contributed by atoms with van der Waals surface area (Å²) in [7, 11) is 1.50. The highest BCUT2D eigenvalue weighted by Crippen LogP contribution is 2.27. The van der Waals surface area contributed by atoms with E-state index in [9.17, 15) is 4.39 Å². The summed E-state index contributed by atoms with van der Waals surface area (Å²) in [5.74, 6) is 1.85. The summed E-state index contributed by atoms with van der Waals surface area (Å²) in [5.41, 5.74) is 0.964. The molecule has 1 fully saturated rings. The number of hydrogen-bond donors (Lipinski definition) is 2. The highest BCUT2D eigenvalue weighted by molar-refractivity contribution is 5.66. The number of aromatic nitrogens is 4. The van der Waals surface area contributed by atoms with Crippen LogP contribution in [0.15, 0.2) is 36.5 Å². The highest BCUT2D eigenvalue weighted by atomic mass is 19.1. The average Bonchev–Trinajstić information content (AvgIpc) is 3.16. The molecule has 0 radical (unpaired) electrons. The van der Waals surface area contributed by atoms with Crippen LogP contribution in [0.5, 0.6) is 5.75 Å². The molecule has 0 unspecified atom stereocenters. The molecule has 1 aromatic carbocycles. The fraction of sp³-hybridized carbons (Fsp3) is 0.316. The number of H-pyrrole nitrogens is 1. The van der Waals surface area contributed by atoms with Crippen LogP contribution in [0, 0.1) is 5.82 Å². The third kappa shape index (κ3) is 3.89. The lowest BCUT2D eigenvalue weighted by molar-refractivity contribution is 0.0526. The Kier molecular flexibility index (Phi) is 5.07. The van der Waals surface area contributed by atoms with Gasteiger partial charge < -0.3 is 19.7 Å². The molecular weight excluding hydrogens is 363 g/mol. The van der Waals surface area contributed by atoms with Gasteiger partial charge in [-0.3, -0.25) is 5.10 Å². The van der Waals surface area contributed by atoms with E-state index in [0.29, 0.717) is 41.2 Å². The maximum absolute atomic E-state index is 14.3. The minimum Gasteiger partial charge on any atom is -0.497 e. The lowest BCUT2D eigenvalue weighted by Crippen LogP contribution is -2.42. The molecule has 3 heterocycles. The smallest absolute Gasteiger partial charge is 0.227 e. The summed E-state index contributed by atoms with van der Waals surface area (Å²) in [5, 5.41) is 10.2. The third-order valence-corrected chi connectivity index (χ3v) is 4.47. The molecule has 1 aliphatic rings. The number of hydrogen-bond acceptors (Lipinski definition) is 7. The average molecular weight is 384 g/mol. The van der Waals surface area contributed by atoms with E-state index in [2.05, 4.69) is 30.4 Å². The van der Waals surface area contributed by atoms with Crippen molar-refractivity contribution in [3.05, 3.63) is 42.3 Å². The molecule has 0 amide bonds. The molecule has 0 spiro atoms. The first-order valence-corrected chi connectivity index (χ1v) is 8.98. The summed E-state index contributed by atoms with van der Waals surface area (Å²) in [6, 6.07) is 8.17. The second kappa shape index (κ2) is 7.81. The standard InChI is InChI=1S/C19H21FN6O2/c1-12-11-26(7-8-28-12)19-21-6-5-17(23-19)22-18-10-16(24-25-18)14-4-3-13(27-2)9-15(14)20/h3-6,9-10,12H,7-8,11H2,1-2H3,(H2,21,22,23,24,25)/t12-/m0/s1. The van der Waals surface area contributed by atoms with Crippen molar-refractivity contribution in [3.8, 4) is 17.0 Å². The van der Waals surface area contributed by atoms with Crippen molar-refractivity contribution in [1.29, 1.82) is 0 Å². The number of anilines is 3. The number of benzene rings is 1. The number of methoxy groups -OCH3 is 1. The topological polar surface area (TPSA) is 88.2 Å². The van der Waals surface area contributed by atoms with Crippen molar-refractivity contribution < 1.29 is 13.9 Å². The van der Waals surface area contributed by atoms with Gasteiger partial charge in [0.25, 0.3) is 0 Å². The molecule has 146 valence electrons. The number of nitrogens with zero attached hydrogens (tertiary/aromatic N) is 4. The van der Waals surface area contributed by atoms with E-state index in [0.717, 1.165) is 13.1 Å². The Balaban J connectivity index is 1.50. The van der Waals surface area contributed by atoms with Crippen molar-refractivity contribution in [2.75, 3.05) is 37.0 Å². The zero-order valence-electron chi connectivity index (χ0n) is 15.6. The molecule has 2 N–H and O–H groups in total. The zero-order chi connectivity index (χ0) is 19.5. The summed E-state index contributed by atoms with van der Waals surface area (Å²) in [6.07, 6.45) is 1.84. The molecular formula is C19H21FN6O2. The van der Waals surface area contributed by atoms with Crippen LogP contribution in [0.4, 0.5) is 22.0 Å². The summed E-state index contributed by atoms with van der Waals surface area (Å²) in [6.45, 7) is 4.17. The van der Waals surface area contributed by atoms with Gasteiger partial charge in [-0.2, -0.15) is 10.1 Å². The van der Waals surface area contributed by atoms with Crippen molar-refractivity contribution in [1.82, 2.24) is 20.2 Å². The number of ether oxygens (including phenoxy) is 2. The van der Waals surface area contributed by atoms with E-state index in [1.54, 1.807) is 30.5 Å².